The molecule has 0 fully saturated rings. The second-order valence-corrected chi connectivity index (χ2v) is 6.11. The van der Waals surface area contributed by atoms with Crippen molar-refractivity contribution in [1.82, 2.24) is 0 Å². The van der Waals surface area contributed by atoms with Gasteiger partial charge in [-0.3, -0.25) is 4.79 Å². The number of carbonyl (C=O) groups is 1. The average molecular weight is 294 g/mol. The van der Waals surface area contributed by atoms with E-state index in [-0.39, 0.29) is 17.8 Å². The van der Waals surface area contributed by atoms with E-state index in [1.165, 1.54) is 29.4 Å². The summed E-state index contributed by atoms with van der Waals surface area (Å²) in [7, 11) is 1.47. The Morgan fingerprint density at radius 1 is 1.05 bits per heavy atom. The Balaban J connectivity index is 2.04. The van der Waals surface area contributed by atoms with Gasteiger partial charge in [0.1, 0.15) is 0 Å². The number of fused-ring (bicyclic) bond motifs is 2. The number of rotatable bonds is 3. The van der Waals surface area contributed by atoms with E-state index < -0.39 is 0 Å². The van der Waals surface area contributed by atoms with Crippen LogP contribution in [0.4, 0.5) is 0 Å². The molecule has 2 aromatic rings. The first-order valence-corrected chi connectivity index (χ1v) is 7.94. The number of esters is 1. The third-order valence-corrected chi connectivity index (χ3v) is 4.72. The third kappa shape index (κ3) is 2.78. The molecule has 2 nitrogen and oxygen atoms in total. The standard InChI is InChI=1S/C20H22O2/c1-14(20(21)22-2)13-19-17-9-5-3-7-15(17)11-12-16-8-4-6-10-18(16)19/h3-10,14,19H,11-13H2,1-2H3. The Labute approximate surface area is 132 Å². The van der Waals surface area contributed by atoms with E-state index in [0.717, 1.165) is 19.3 Å². The van der Waals surface area contributed by atoms with E-state index >= 15 is 0 Å². The molecule has 0 aromatic heterocycles. The summed E-state index contributed by atoms with van der Waals surface area (Å²) in [6, 6.07) is 17.3. The normalized spacial score (nSPS) is 15.4. The molecule has 0 N–H and O–H groups in total. The van der Waals surface area contributed by atoms with Gasteiger partial charge >= 0.3 is 5.97 Å². The first-order chi connectivity index (χ1) is 10.7. The Morgan fingerprint density at radius 2 is 1.55 bits per heavy atom. The lowest BCUT2D eigenvalue weighted by Crippen LogP contribution is -2.17. The van der Waals surface area contributed by atoms with Gasteiger partial charge in [0, 0.05) is 5.92 Å². The maximum absolute atomic E-state index is 11.9. The lowest BCUT2D eigenvalue weighted by atomic mass is 9.82. The summed E-state index contributed by atoms with van der Waals surface area (Å²) in [5.41, 5.74) is 5.54. The minimum Gasteiger partial charge on any atom is -0.469 e. The highest BCUT2D eigenvalue weighted by atomic mass is 16.5. The molecule has 1 aliphatic rings. The molecule has 114 valence electrons. The average Bonchev–Trinajstić information content (AvgIpc) is 2.72. The monoisotopic (exact) mass is 294 g/mol. The number of aryl methyl sites for hydroxylation is 2. The van der Waals surface area contributed by atoms with Crippen LogP contribution in [0.25, 0.3) is 0 Å². The quantitative estimate of drug-likeness (QED) is 0.796. The molecule has 22 heavy (non-hydrogen) atoms. The van der Waals surface area contributed by atoms with E-state index in [1.54, 1.807) is 0 Å². The van der Waals surface area contributed by atoms with Crippen molar-refractivity contribution in [3.63, 3.8) is 0 Å². The first kappa shape index (κ1) is 14.8. The fourth-order valence-electron chi connectivity index (χ4n) is 3.55. The van der Waals surface area contributed by atoms with Gasteiger partial charge in [0.25, 0.3) is 0 Å². The molecule has 0 amide bonds. The third-order valence-electron chi connectivity index (χ3n) is 4.72. The zero-order valence-corrected chi connectivity index (χ0v) is 13.2. The van der Waals surface area contributed by atoms with Crippen LogP contribution >= 0.6 is 0 Å². The number of benzene rings is 2. The van der Waals surface area contributed by atoms with Crippen molar-refractivity contribution in [2.24, 2.45) is 5.92 Å². The van der Waals surface area contributed by atoms with Crippen LogP contribution in [0.3, 0.4) is 0 Å². The van der Waals surface area contributed by atoms with Crippen molar-refractivity contribution >= 4 is 5.97 Å². The van der Waals surface area contributed by atoms with Crippen LogP contribution < -0.4 is 0 Å². The molecule has 2 aromatic carbocycles. The zero-order valence-electron chi connectivity index (χ0n) is 13.2. The smallest absolute Gasteiger partial charge is 0.308 e. The van der Waals surface area contributed by atoms with E-state index in [4.69, 9.17) is 4.74 Å². The van der Waals surface area contributed by atoms with Crippen LogP contribution in [-0.2, 0) is 22.4 Å². The minimum absolute atomic E-state index is 0.103. The second-order valence-electron chi connectivity index (χ2n) is 6.11. The maximum atomic E-state index is 11.9. The molecule has 0 bridgehead atoms. The number of hydrogen-bond acceptors (Lipinski definition) is 2. The highest BCUT2D eigenvalue weighted by molar-refractivity contribution is 5.72. The van der Waals surface area contributed by atoms with Gasteiger partial charge in [-0.2, -0.15) is 0 Å². The molecule has 0 radical (unpaired) electrons. The number of carbonyl (C=O) groups excluding carboxylic acids is 1. The summed E-state index contributed by atoms with van der Waals surface area (Å²) < 4.78 is 4.92. The highest BCUT2D eigenvalue weighted by Gasteiger charge is 2.27. The predicted octanol–water partition coefficient (Wildman–Crippen LogP) is 4.12. The molecule has 0 aliphatic heterocycles. The van der Waals surface area contributed by atoms with E-state index in [2.05, 4.69) is 48.5 Å². The Morgan fingerprint density at radius 3 is 2.05 bits per heavy atom. The minimum atomic E-state index is -0.126. The highest BCUT2D eigenvalue weighted by Crippen LogP contribution is 2.38. The molecule has 0 spiro atoms. The van der Waals surface area contributed by atoms with Gasteiger partial charge in [0.2, 0.25) is 0 Å². The molecule has 0 saturated heterocycles. The van der Waals surface area contributed by atoms with Crippen molar-refractivity contribution in [2.45, 2.75) is 32.1 Å². The van der Waals surface area contributed by atoms with Crippen LogP contribution in [0, 0.1) is 5.92 Å². The lowest BCUT2D eigenvalue weighted by Gasteiger charge is -2.22. The summed E-state index contributed by atoms with van der Waals surface area (Å²) >= 11 is 0. The van der Waals surface area contributed by atoms with E-state index in [1.807, 2.05) is 6.92 Å². The predicted molar refractivity (Wildman–Crippen MR) is 87.9 cm³/mol. The topological polar surface area (TPSA) is 26.3 Å². The fourth-order valence-corrected chi connectivity index (χ4v) is 3.55. The van der Waals surface area contributed by atoms with Gasteiger partial charge in [-0.15, -0.1) is 0 Å². The van der Waals surface area contributed by atoms with E-state index in [0.29, 0.717) is 0 Å². The summed E-state index contributed by atoms with van der Waals surface area (Å²) in [5.74, 6) is 0.0393. The molecular weight excluding hydrogens is 272 g/mol. The van der Waals surface area contributed by atoms with Gasteiger partial charge in [0.05, 0.1) is 13.0 Å². The van der Waals surface area contributed by atoms with Crippen molar-refractivity contribution in [3.8, 4) is 0 Å². The SMILES string of the molecule is COC(=O)C(C)CC1c2ccccc2CCc2ccccc21. The van der Waals surface area contributed by atoms with Gasteiger partial charge in [-0.25, -0.2) is 0 Å². The molecular formula is C20H22O2. The number of hydrogen-bond donors (Lipinski definition) is 0. The Hall–Kier alpha value is -2.09. The molecule has 0 saturated carbocycles. The summed E-state index contributed by atoms with van der Waals surface area (Å²) in [6.07, 6.45) is 2.92. The van der Waals surface area contributed by atoms with Crippen molar-refractivity contribution < 1.29 is 9.53 Å². The first-order valence-electron chi connectivity index (χ1n) is 7.94. The molecule has 0 heterocycles. The molecule has 1 unspecified atom stereocenters. The molecule has 1 atom stereocenters. The van der Waals surface area contributed by atoms with Crippen LogP contribution in [0.15, 0.2) is 48.5 Å². The summed E-state index contributed by atoms with van der Waals surface area (Å²) in [6.45, 7) is 1.96. The van der Waals surface area contributed by atoms with Crippen LogP contribution in [0.1, 0.15) is 41.5 Å². The van der Waals surface area contributed by atoms with Gasteiger partial charge in [0.15, 0.2) is 0 Å². The largest absolute Gasteiger partial charge is 0.469 e. The van der Waals surface area contributed by atoms with Gasteiger partial charge < -0.3 is 4.74 Å². The van der Waals surface area contributed by atoms with Crippen LogP contribution in [-0.4, -0.2) is 13.1 Å². The molecule has 2 heteroatoms. The van der Waals surface area contributed by atoms with Crippen molar-refractivity contribution in [2.75, 3.05) is 7.11 Å². The van der Waals surface area contributed by atoms with Gasteiger partial charge in [-0.1, -0.05) is 55.5 Å². The maximum Gasteiger partial charge on any atom is 0.308 e. The number of ether oxygens (including phenoxy) is 1. The molecule has 3 rings (SSSR count). The summed E-state index contributed by atoms with van der Waals surface area (Å²) in [5, 5.41) is 0. The lowest BCUT2D eigenvalue weighted by molar-refractivity contribution is -0.145. The van der Waals surface area contributed by atoms with Crippen LogP contribution in [0.5, 0.6) is 0 Å². The van der Waals surface area contributed by atoms with Crippen molar-refractivity contribution in [3.05, 3.63) is 70.8 Å². The van der Waals surface area contributed by atoms with E-state index in [9.17, 15) is 4.79 Å². The molecule has 1 aliphatic carbocycles. The Kier molecular flexibility index (Phi) is 4.28. The zero-order chi connectivity index (χ0) is 15.5. The van der Waals surface area contributed by atoms with Gasteiger partial charge in [-0.05, 0) is 41.5 Å². The van der Waals surface area contributed by atoms with Crippen molar-refractivity contribution in [1.29, 1.82) is 0 Å². The summed E-state index contributed by atoms with van der Waals surface area (Å²) in [4.78, 5) is 11.9. The Bertz CT molecular complexity index is 627. The van der Waals surface area contributed by atoms with Crippen LogP contribution in [0.2, 0.25) is 0 Å². The number of methoxy groups -OCH3 is 1. The second kappa shape index (κ2) is 6.35. The fraction of sp³-hybridized carbons (Fsp3) is 0.350.